The minimum absolute atomic E-state index is 0. The van der Waals surface area contributed by atoms with Crippen molar-refractivity contribution in [1.82, 2.24) is 10.6 Å². The van der Waals surface area contributed by atoms with Gasteiger partial charge in [-0.05, 0) is 36.2 Å². The molecule has 3 N–H and O–H groups in total. The van der Waals surface area contributed by atoms with Gasteiger partial charge in [0.05, 0.1) is 18.5 Å². The summed E-state index contributed by atoms with van der Waals surface area (Å²) in [5, 5.41) is 6.27. The zero-order valence-electron chi connectivity index (χ0n) is 15.2. The summed E-state index contributed by atoms with van der Waals surface area (Å²) in [5.74, 6) is 0.266. The number of benzene rings is 2. The molecule has 0 bridgehead atoms. The Morgan fingerprint density at radius 1 is 1.11 bits per heavy atom. The van der Waals surface area contributed by atoms with Crippen LogP contribution in [0.4, 0.5) is 10.1 Å². The lowest BCUT2D eigenvalue weighted by Gasteiger charge is -2.14. The zero-order valence-corrected chi connectivity index (χ0v) is 18.3. The summed E-state index contributed by atoms with van der Waals surface area (Å²) < 4.78 is 38.7. The molecule has 2 rings (SSSR count). The molecule has 148 valence electrons. The summed E-state index contributed by atoms with van der Waals surface area (Å²) in [5.41, 5.74) is 2.07. The second-order valence-corrected chi connectivity index (χ2v) is 7.46. The minimum atomic E-state index is -3.36. The SMILES string of the molecule is CCNC(=NCc1cccc(F)c1)NCc1ccccc1NS(C)(=O)=O.I. The predicted molar refractivity (Wildman–Crippen MR) is 118 cm³/mol. The van der Waals surface area contributed by atoms with Gasteiger partial charge in [-0.15, -0.1) is 24.0 Å². The number of halogens is 2. The molecule has 0 aromatic heterocycles. The maximum Gasteiger partial charge on any atom is 0.229 e. The van der Waals surface area contributed by atoms with Crippen molar-refractivity contribution in [3.8, 4) is 0 Å². The van der Waals surface area contributed by atoms with E-state index in [9.17, 15) is 12.8 Å². The van der Waals surface area contributed by atoms with Crippen LogP contribution in [0.5, 0.6) is 0 Å². The monoisotopic (exact) mass is 506 g/mol. The van der Waals surface area contributed by atoms with Crippen molar-refractivity contribution in [3.63, 3.8) is 0 Å². The van der Waals surface area contributed by atoms with E-state index in [0.717, 1.165) is 17.4 Å². The number of guanidine groups is 1. The molecule has 0 saturated carbocycles. The van der Waals surface area contributed by atoms with Gasteiger partial charge in [-0.1, -0.05) is 30.3 Å². The van der Waals surface area contributed by atoms with E-state index >= 15 is 0 Å². The average molecular weight is 506 g/mol. The molecule has 9 heteroatoms. The van der Waals surface area contributed by atoms with Crippen molar-refractivity contribution < 1.29 is 12.8 Å². The molecule has 0 saturated heterocycles. The molecule has 0 spiro atoms. The summed E-state index contributed by atoms with van der Waals surface area (Å²) in [6, 6.07) is 13.4. The quantitative estimate of drug-likeness (QED) is 0.306. The lowest BCUT2D eigenvalue weighted by atomic mass is 10.2. The molecule has 0 heterocycles. The molecule has 0 atom stereocenters. The van der Waals surface area contributed by atoms with Crippen molar-refractivity contribution in [2.45, 2.75) is 20.0 Å². The van der Waals surface area contributed by atoms with Gasteiger partial charge in [0.2, 0.25) is 10.0 Å². The Bertz CT molecular complexity index is 875. The third-order valence-electron chi connectivity index (χ3n) is 3.41. The molecule has 0 unspecified atom stereocenters. The Hall–Kier alpha value is -1.88. The van der Waals surface area contributed by atoms with E-state index in [1.807, 2.05) is 25.1 Å². The lowest BCUT2D eigenvalue weighted by molar-refractivity contribution is 0.606. The second-order valence-electron chi connectivity index (χ2n) is 5.71. The summed E-state index contributed by atoms with van der Waals surface area (Å²) in [4.78, 5) is 4.43. The van der Waals surface area contributed by atoms with Crippen LogP contribution in [-0.4, -0.2) is 27.2 Å². The zero-order chi connectivity index (χ0) is 19.0. The standard InChI is InChI=1S/C18H23FN4O2S.HI/c1-3-20-18(21-12-14-7-6-9-16(19)11-14)22-13-15-8-4-5-10-17(15)23-26(2,24)25;/h4-11,23H,3,12-13H2,1-2H3,(H2,20,21,22);1H. The van der Waals surface area contributed by atoms with Gasteiger partial charge in [0.25, 0.3) is 0 Å². The van der Waals surface area contributed by atoms with Crippen molar-refractivity contribution in [2.75, 3.05) is 17.5 Å². The number of nitrogens with one attached hydrogen (secondary N) is 3. The minimum Gasteiger partial charge on any atom is -0.357 e. The Morgan fingerprint density at radius 2 is 1.85 bits per heavy atom. The van der Waals surface area contributed by atoms with Crippen molar-refractivity contribution >= 4 is 45.6 Å². The smallest absolute Gasteiger partial charge is 0.229 e. The Balaban J connectivity index is 0.00000364. The third kappa shape index (κ3) is 8.57. The Morgan fingerprint density at radius 3 is 2.52 bits per heavy atom. The molecule has 6 nitrogen and oxygen atoms in total. The second kappa shape index (κ2) is 11.1. The number of para-hydroxylation sites is 1. The van der Waals surface area contributed by atoms with Crippen LogP contribution in [0.3, 0.4) is 0 Å². The average Bonchev–Trinajstić information content (AvgIpc) is 2.57. The van der Waals surface area contributed by atoms with Gasteiger partial charge < -0.3 is 10.6 Å². The molecule has 2 aromatic carbocycles. The van der Waals surface area contributed by atoms with Gasteiger partial charge in [0.1, 0.15) is 5.82 Å². The highest BCUT2D eigenvalue weighted by Crippen LogP contribution is 2.16. The molecule has 0 aliphatic carbocycles. The molecular formula is C18H24FIN4O2S. The number of hydrogen-bond acceptors (Lipinski definition) is 3. The molecule has 2 aromatic rings. The highest BCUT2D eigenvalue weighted by Gasteiger charge is 2.07. The van der Waals surface area contributed by atoms with E-state index in [1.165, 1.54) is 12.1 Å². The van der Waals surface area contributed by atoms with Gasteiger partial charge in [-0.2, -0.15) is 0 Å². The number of anilines is 1. The number of sulfonamides is 1. The Labute approximate surface area is 176 Å². The normalized spacial score (nSPS) is 11.4. The first-order valence-corrected chi connectivity index (χ1v) is 10.1. The molecule has 0 aliphatic rings. The van der Waals surface area contributed by atoms with E-state index in [1.54, 1.807) is 18.2 Å². The Kier molecular flexibility index (Phi) is 9.50. The van der Waals surface area contributed by atoms with Gasteiger partial charge in [0.15, 0.2) is 5.96 Å². The molecule has 0 fully saturated rings. The summed E-state index contributed by atoms with van der Waals surface area (Å²) in [7, 11) is -3.36. The first kappa shape index (κ1) is 23.2. The molecule has 27 heavy (non-hydrogen) atoms. The van der Waals surface area contributed by atoms with Crippen LogP contribution < -0.4 is 15.4 Å². The summed E-state index contributed by atoms with van der Waals surface area (Å²) in [6.45, 7) is 3.32. The number of hydrogen-bond donors (Lipinski definition) is 3. The first-order valence-electron chi connectivity index (χ1n) is 8.19. The van der Waals surface area contributed by atoms with Gasteiger partial charge >= 0.3 is 0 Å². The maximum absolute atomic E-state index is 13.3. The number of nitrogens with zero attached hydrogens (tertiary/aromatic N) is 1. The first-order chi connectivity index (χ1) is 12.4. The molecular weight excluding hydrogens is 482 g/mol. The largest absolute Gasteiger partial charge is 0.357 e. The number of aliphatic imine (C=N–C) groups is 1. The highest BCUT2D eigenvalue weighted by molar-refractivity contribution is 14.0. The molecule has 0 aliphatic heterocycles. The molecule has 0 radical (unpaired) electrons. The van der Waals surface area contributed by atoms with Crippen LogP contribution in [0.25, 0.3) is 0 Å². The predicted octanol–water partition coefficient (Wildman–Crippen LogP) is 3.07. The van der Waals surface area contributed by atoms with Crippen LogP contribution in [0.2, 0.25) is 0 Å². The van der Waals surface area contributed by atoms with Crippen LogP contribution in [0, 0.1) is 5.82 Å². The van der Waals surface area contributed by atoms with Crippen molar-refractivity contribution in [1.29, 1.82) is 0 Å². The van der Waals surface area contributed by atoms with E-state index in [0.29, 0.717) is 31.3 Å². The van der Waals surface area contributed by atoms with Crippen molar-refractivity contribution in [3.05, 3.63) is 65.5 Å². The van der Waals surface area contributed by atoms with Crippen LogP contribution in [0.15, 0.2) is 53.5 Å². The highest BCUT2D eigenvalue weighted by atomic mass is 127. The van der Waals surface area contributed by atoms with E-state index < -0.39 is 10.0 Å². The summed E-state index contributed by atoms with van der Waals surface area (Å²) in [6.07, 6.45) is 1.11. The number of rotatable bonds is 7. The van der Waals surface area contributed by atoms with Crippen LogP contribution in [-0.2, 0) is 23.1 Å². The van der Waals surface area contributed by atoms with Gasteiger partial charge in [-0.25, -0.2) is 17.8 Å². The van der Waals surface area contributed by atoms with Crippen LogP contribution in [0.1, 0.15) is 18.1 Å². The lowest BCUT2D eigenvalue weighted by Crippen LogP contribution is -2.37. The van der Waals surface area contributed by atoms with E-state index in [2.05, 4.69) is 20.3 Å². The fraction of sp³-hybridized carbons (Fsp3) is 0.278. The van der Waals surface area contributed by atoms with E-state index in [4.69, 9.17) is 0 Å². The topological polar surface area (TPSA) is 82.6 Å². The fourth-order valence-electron chi connectivity index (χ4n) is 2.30. The van der Waals surface area contributed by atoms with E-state index in [-0.39, 0.29) is 29.8 Å². The molecule has 0 amide bonds. The summed E-state index contributed by atoms with van der Waals surface area (Å²) >= 11 is 0. The van der Waals surface area contributed by atoms with Gasteiger partial charge in [-0.3, -0.25) is 4.72 Å². The van der Waals surface area contributed by atoms with Gasteiger partial charge in [0, 0.05) is 13.1 Å². The third-order valence-corrected chi connectivity index (χ3v) is 4.00. The van der Waals surface area contributed by atoms with Crippen LogP contribution >= 0.6 is 24.0 Å². The van der Waals surface area contributed by atoms with Crippen molar-refractivity contribution in [2.24, 2.45) is 4.99 Å². The maximum atomic E-state index is 13.3. The fourth-order valence-corrected chi connectivity index (χ4v) is 2.90.